The molecular formula is C18H23NO3S. The van der Waals surface area contributed by atoms with E-state index in [1.807, 2.05) is 4.90 Å². The van der Waals surface area contributed by atoms with Gasteiger partial charge in [-0.25, -0.2) is 8.42 Å². The van der Waals surface area contributed by atoms with E-state index in [4.69, 9.17) is 0 Å². The van der Waals surface area contributed by atoms with Gasteiger partial charge in [0.15, 0.2) is 9.84 Å². The second-order valence-electron chi connectivity index (χ2n) is 6.40. The number of hydrogen-bond donors (Lipinski definition) is 0. The van der Waals surface area contributed by atoms with Crippen LogP contribution < -0.4 is 0 Å². The predicted octanol–water partition coefficient (Wildman–Crippen LogP) is 2.81. The molecule has 1 aromatic carbocycles. The fourth-order valence-corrected chi connectivity index (χ4v) is 5.15. The average Bonchev–Trinajstić information content (AvgIpc) is 3.03. The van der Waals surface area contributed by atoms with Gasteiger partial charge >= 0.3 is 0 Å². The number of sulfone groups is 1. The molecule has 2 aliphatic rings. The zero-order chi connectivity index (χ0) is 16.3. The molecule has 1 fully saturated rings. The molecule has 2 atom stereocenters. The Balaban J connectivity index is 1.72. The van der Waals surface area contributed by atoms with Gasteiger partial charge in [0, 0.05) is 18.5 Å². The van der Waals surface area contributed by atoms with Gasteiger partial charge in [0.1, 0.15) is 0 Å². The normalized spacial score (nSPS) is 24.8. The molecule has 23 heavy (non-hydrogen) atoms. The fraction of sp³-hybridized carbons (Fsp3) is 0.500. The maximum atomic E-state index is 12.7. The van der Waals surface area contributed by atoms with Gasteiger partial charge in [-0.05, 0) is 44.2 Å². The molecule has 0 N–H and O–H groups in total. The minimum Gasteiger partial charge on any atom is -0.338 e. The van der Waals surface area contributed by atoms with Crippen molar-refractivity contribution in [3.63, 3.8) is 0 Å². The summed E-state index contributed by atoms with van der Waals surface area (Å²) in [5.74, 6) is 0.200. The Morgan fingerprint density at radius 3 is 2.61 bits per heavy atom. The molecule has 0 saturated carbocycles. The number of carbonyl (C=O) groups excluding carboxylic acids is 1. The van der Waals surface area contributed by atoms with E-state index < -0.39 is 9.84 Å². The molecule has 1 aliphatic heterocycles. The molecule has 0 radical (unpaired) electrons. The smallest absolute Gasteiger partial charge is 0.226 e. The Morgan fingerprint density at radius 2 is 1.91 bits per heavy atom. The minimum atomic E-state index is -3.35. The van der Waals surface area contributed by atoms with Gasteiger partial charge in [-0.3, -0.25) is 4.79 Å². The summed E-state index contributed by atoms with van der Waals surface area (Å²) >= 11 is 0. The number of benzene rings is 1. The first-order valence-electron chi connectivity index (χ1n) is 8.31. The first-order valence-corrected chi connectivity index (χ1v) is 9.96. The van der Waals surface area contributed by atoms with E-state index in [2.05, 4.69) is 12.2 Å². The third-order valence-electron chi connectivity index (χ3n) is 4.79. The number of hydrogen-bond acceptors (Lipinski definition) is 3. The summed E-state index contributed by atoms with van der Waals surface area (Å²) in [6, 6.07) is 8.35. The number of likely N-dealkylation sites (tertiary alicyclic amines) is 1. The molecule has 4 nitrogen and oxygen atoms in total. The van der Waals surface area contributed by atoms with Crippen LogP contribution in [0.25, 0.3) is 0 Å². The highest BCUT2D eigenvalue weighted by molar-refractivity contribution is 7.91. The number of rotatable bonds is 4. The lowest BCUT2D eigenvalue weighted by molar-refractivity contribution is -0.136. The van der Waals surface area contributed by atoms with Crippen LogP contribution in [0.1, 0.15) is 32.1 Å². The van der Waals surface area contributed by atoms with Crippen LogP contribution in [0, 0.1) is 5.92 Å². The van der Waals surface area contributed by atoms with Crippen molar-refractivity contribution in [2.45, 2.75) is 43.0 Å². The van der Waals surface area contributed by atoms with Crippen molar-refractivity contribution in [3.8, 4) is 0 Å². The highest BCUT2D eigenvalue weighted by atomic mass is 32.2. The van der Waals surface area contributed by atoms with Crippen LogP contribution in [0.2, 0.25) is 0 Å². The third-order valence-corrected chi connectivity index (χ3v) is 6.61. The summed E-state index contributed by atoms with van der Waals surface area (Å²) < 4.78 is 25.2. The van der Waals surface area contributed by atoms with Gasteiger partial charge in [0.25, 0.3) is 0 Å². The molecule has 2 unspecified atom stereocenters. The van der Waals surface area contributed by atoms with Crippen LogP contribution in [0.3, 0.4) is 0 Å². The van der Waals surface area contributed by atoms with Crippen LogP contribution in [0.15, 0.2) is 47.4 Å². The van der Waals surface area contributed by atoms with E-state index in [0.717, 1.165) is 32.1 Å². The molecule has 1 aliphatic carbocycles. The molecule has 5 heteroatoms. The van der Waals surface area contributed by atoms with Crippen molar-refractivity contribution >= 4 is 15.7 Å². The van der Waals surface area contributed by atoms with Crippen molar-refractivity contribution in [2.75, 3.05) is 12.3 Å². The minimum absolute atomic E-state index is 0.0278. The standard InChI is InChI=1S/C18H23NO3S/c20-18(15-8-3-1-4-9-15)19-13-7-10-16(19)14-23(21,22)17-11-5-2-6-12-17/h1-3,5-6,11-12,15-16H,4,7-10,13-14H2. The van der Waals surface area contributed by atoms with Crippen molar-refractivity contribution in [1.82, 2.24) is 4.90 Å². The average molecular weight is 333 g/mol. The molecule has 1 saturated heterocycles. The van der Waals surface area contributed by atoms with Crippen molar-refractivity contribution in [3.05, 3.63) is 42.5 Å². The largest absolute Gasteiger partial charge is 0.338 e. The summed E-state index contributed by atoms with van der Waals surface area (Å²) in [5, 5.41) is 0. The lowest BCUT2D eigenvalue weighted by Gasteiger charge is -2.29. The van der Waals surface area contributed by atoms with E-state index >= 15 is 0 Å². The van der Waals surface area contributed by atoms with Crippen LogP contribution in [-0.4, -0.2) is 37.6 Å². The Hall–Kier alpha value is -1.62. The maximum Gasteiger partial charge on any atom is 0.226 e. The Kier molecular flexibility index (Phi) is 4.85. The van der Waals surface area contributed by atoms with Crippen LogP contribution in [0.5, 0.6) is 0 Å². The maximum absolute atomic E-state index is 12.7. The van der Waals surface area contributed by atoms with E-state index in [0.29, 0.717) is 11.4 Å². The van der Waals surface area contributed by atoms with Gasteiger partial charge in [0.2, 0.25) is 5.91 Å². The second-order valence-corrected chi connectivity index (χ2v) is 8.44. The lowest BCUT2D eigenvalue weighted by atomic mass is 9.93. The first kappa shape index (κ1) is 16.2. The Bertz CT molecular complexity index is 681. The first-order chi connectivity index (χ1) is 11.1. The summed E-state index contributed by atoms with van der Waals surface area (Å²) in [5.41, 5.74) is 0. The lowest BCUT2D eigenvalue weighted by Crippen LogP contribution is -2.43. The highest BCUT2D eigenvalue weighted by Gasteiger charge is 2.35. The Morgan fingerprint density at radius 1 is 1.13 bits per heavy atom. The highest BCUT2D eigenvalue weighted by Crippen LogP contribution is 2.27. The van der Waals surface area contributed by atoms with Crippen molar-refractivity contribution < 1.29 is 13.2 Å². The fourth-order valence-electron chi connectivity index (χ4n) is 3.53. The SMILES string of the molecule is O=C(C1CC=CCC1)N1CCCC1CS(=O)(=O)c1ccccc1. The second kappa shape index (κ2) is 6.87. The molecule has 3 rings (SSSR count). The number of allylic oxidation sites excluding steroid dienone is 2. The summed E-state index contributed by atoms with van der Waals surface area (Å²) in [6.07, 6.45) is 8.46. The zero-order valence-electron chi connectivity index (χ0n) is 13.2. The predicted molar refractivity (Wildman–Crippen MR) is 89.7 cm³/mol. The van der Waals surface area contributed by atoms with Crippen LogP contribution in [0.4, 0.5) is 0 Å². The van der Waals surface area contributed by atoms with E-state index in [9.17, 15) is 13.2 Å². The van der Waals surface area contributed by atoms with Crippen molar-refractivity contribution in [1.29, 1.82) is 0 Å². The van der Waals surface area contributed by atoms with Gasteiger partial charge in [-0.1, -0.05) is 30.4 Å². The monoisotopic (exact) mass is 333 g/mol. The summed E-state index contributed by atoms with van der Waals surface area (Å²) in [6.45, 7) is 0.689. The van der Waals surface area contributed by atoms with Gasteiger partial charge < -0.3 is 4.90 Å². The topological polar surface area (TPSA) is 54.5 Å². The molecule has 0 aromatic heterocycles. The van der Waals surface area contributed by atoms with Gasteiger partial charge in [-0.15, -0.1) is 0 Å². The van der Waals surface area contributed by atoms with Crippen LogP contribution in [-0.2, 0) is 14.6 Å². The Labute approximate surface area is 138 Å². The van der Waals surface area contributed by atoms with E-state index in [1.165, 1.54) is 0 Å². The molecule has 1 amide bonds. The number of nitrogens with zero attached hydrogens (tertiary/aromatic N) is 1. The number of carbonyl (C=O) groups is 1. The quantitative estimate of drug-likeness (QED) is 0.796. The number of amides is 1. The zero-order valence-corrected chi connectivity index (χ0v) is 14.0. The third kappa shape index (κ3) is 3.66. The van der Waals surface area contributed by atoms with Gasteiger partial charge in [-0.2, -0.15) is 0 Å². The van der Waals surface area contributed by atoms with Crippen molar-refractivity contribution in [2.24, 2.45) is 5.92 Å². The molecular weight excluding hydrogens is 310 g/mol. The summed E-state index contributed by atoms with van der Waals surface area (Å²) in [4.78, 5) is 14.9. The molecule has 1 heterocycles. The molecule has 1 aromatic rings. The van der Waals surface area contributed by atoms with E-state index in [1.54, 1.807) is 30.3 Å². The van der Waals surface area contributed by atoms with Crippen LogP contribution >= 0.6 is 0 Å². The summed E-state index contributed by atoms with van der Waals surface area (Å²) in [7, 11) is -3.35. The molecule has 0 bridgehead atoms. The molecule has 124 valence electrons. The van der Waals surface area contributed by atoms with E-state index in [-0.39, 0.29) is 23.6 Å². The molecule has 0 spiro atoms. The van der Waals surface area contributed by atoms with Gasteiger partial charge in [0.05, 0.1) is 10.6 Å².